The number of aryl methyl sites for hydroxylation is 1. The average molecular weight is 248 g/mol. The summed E-state index contributed by atoms with van der Waals surface area (Å²) in [7, 11) is 0. The molecule has 1 saturated heterocycles. The highest BCUT2D eigenvalue weighted by Gasteiger charge is 2.22. The molecule has 0 unspecified atom stereocenters. The molecule has 84 valence electrons. The van der Waals surface area contributed by atoms with Crippen molar-refractivity contribution in [3.63, 3.8) is 0 Å². The van der Waals surface area contributed by atoms with Gasteiger partial charge in [0.05, 0.1) is 11.7 Å². The van der Waals surface area contributed by atoms with Gasteiger partial charge in [0, 0.05) is 5.38 Å². The zero-order chi connectivity index (χ0) is 9.97. The second kappa shape index (κ2) is 5.44. The number of carbonyl (C=O) groups is 1. The van der Waals surface area contributed by atoms with Crippen LogP contribution >= 0.6 is 23.7 Å². The van der Waals surface area contributed by atoms with E-state index in [1.54, 1.807) is 0 Å². The Morgan fingerprint density at radius 1 is 1.73 bits per heavy atom. The van der Waals surface area contributed by atoms with Crippen LogP contribution < -0.4 is 10.6 Å². The van der Waals surface area contributed by atoms with E-state index in [9.17, 15) is 4.79 Å². The minimum Gasteiger partial charge on any atom is -0.306 e. The first-order valence-electron chi connectivity index (χ1n) is 4.72. The molecule has 6 heteroatoms. The lowest BCUT2D eigenvalue weighted by molar-refractivity contribution is -0.117. The van der Waals surface area contributed by atoms with E-state index < -0.39 is 0 Å². The standard InChI is InChI=1S/C9H13N3OS.ClH/c1-6-5-14-9(11-6)12-8(13)7-3-2-4-10-7;/h5,7,10H,2-4H2,1H3,(H,11,12,13);1H/t7-;/m0./s1. The Morgan fingerprint density at radius 2 is 2.53 bits per heavy atom. The SMILES string of the molecule is Cc1csc(NC(=O)[C@@H]2CCCN2)n1.Cl. The lowest BCUT2D eigenvalue weighted by Crippen LogP contribution is -2.35. The molecule has 0 radical (unpaired) electrons. The second-order valence-corrected chi connectivity index (χ2v) is 4.29. The molecule has 1 aromatic rings. The average Bonchev–Trinajstić information content (AvgIpc) is 2.75. The van der Waals surface area contributed by atoms with Crippen LogP contribution in [0.25, 0.3) is 0 Å². The van der Waals surface area contributed by atoms with Crippen LogP contribution in [0.2, 0.25) is 0 Å². The van der Waals surface area contributed by atoms with Crippen molar-refractivity contribution in [1.29, 1.82) is 0 Å². The Labute approximate surface area is 98.9 Å². The van der Waals surface area contributed by atoms with Gasteiger partial charge in [0.15, 0.2) is 5.13 Å². The van der Waals surface area contributed by atoms with Crippen molar-refractivity contribution in [2.24, 2.45) is 0 Å². The molecule has 1 amide bonds. The molecule has 2 heterocycles. The van der Waals surface area contributed by atoms with Crippen molar-refractivity contribution < 1.29 is 4.79 Å². The van der Waals surface area contributed by atoms with Crippen molar-refractivity contribution >= 4 is 34.8 Å². The van der Waals surface area contributed by atoms with E-state index in [1.807, 2.05) is 12.3 Å². The largest absolute Gasteiger partial charge is 0.306 e. The number of carbonyl (C=O) groups excluding carboxylic acids is 1. The predicted octanol–water partition coefficient (Wildman–Crippen LogP) is 1.56. The van der Waals surface area contributed by atoms with Gasteiger partial charge in [-0.2, -0.15) is 0 Å². The molecule has 1 atom stereocenters. The highest BCUT2D eigenvalue weighted by molar-refractivity contribution is 7.13. The summed E-state index contributed by atoms with van der Waals surface area (Å²) < 4.78 is 0. The van der Waals surface area contributed by atoms with Crippen LogP contribution in [-0.2, 0) is 4.79 Å². The zero-order valence-corrected chi connectivity index (χ0v) is 10.1. The minimum absolute atomic E-state index is 0. The Hall–Kier alpha value is -0.650. The molecule has 1 aromatic heterocycles. The second-order valence-electron chi connectivity index (χ2n) is 3.43. The summed E-state index contributed by atoms with van der Waals surface area (Å²) in [5.41, 5.74) is 0.949. The minimum atomic E-state index is -0.0285. The molecule has 4 nitrogen and oxygen atoms in total. The lowest BCUT2D eigenvalue weighted by atomic mass is 10.2. The Morgan fingerprint density at radius 3 is 3.07 bits per heavy atom. The fourth-order valence-corrected chi connectivity index (χ4v) is 2.20. The van der Waals surface area contributed by atoms with Crippen LogP contribution in [0.3, 0.4) is 0 Å². The topological polar surface area (TPSA) is 54.0 Å². The Bertz CT molecular complexity index is 336. The summed E-state index contributed by atoms with van der Waals surface area (Å²) in [6.07, 6.45) is 2.01. The van der Waals surface area contributed by atoms with Gasteiger partial charge in [0.1, 0.15) is 0 Å². The number of hydrogen-bond acceptors (Lipinski definition) is 4. The molecule has 15 heavy (non-hydrogen) atoms. The number of nitrogens with one attached hydrogen (secondary N) is 2. The van der Waals surface area contributed by atoms with E-state index in [1.165, 1.54) is 11.3 Å². The highest BCUT2D eigenvalue weighted by Crippen LogP contribution is 2.15. The van der Waals surface area contributed by atoms with Gasteiger partial charge < -0.3 is 10.6 Å². The maximum absolute atomic E-state index is 11.6. The number of aromatic nitrogens is 1. The number of nitrogens with zero attached hydrogens (tertiary/aromatic N) is 1. The molecule has 0 aliphatic carbocycles. The van der Waals surface area contributed by atoms with Crippen LogP contribution in [0, 0.1) is 6.92 Å². The van der Waals surface area contributed by atoms with Gasteiger partial charge in [-0.1, -0.05) is 0 Å². The monoisotopic (exact) mass is 247 g/mol. The van der Waals surface area contributed by atoms with Crippen molar-refractivity contribution in [2.75, 3.05) is 11.9 Å². The fraction of sp³-hybridized carbons (Fsp3) is 0.556. The molecule has 1 fully saturated rings. The first-order chi connectivity index (χ1) is 6.75. The molecule has 1 aliphatic heterocycles. The van der Waals surface area contributed by atoms with Gasteiger partial charge in [0.2, 0.25) is 5.91 Å². The zero-order valence-electron chi connectivity index (χ0n) is 8.45. The molecule has 0 saturated carbocycles. The molecule has 2 rings (SSSR count). The van der Waals surface area contributed by atoms with Crippen LogP contribution in [-0.4, -0.2) is 23.5 Å². The normalized spacial score (nSPS) is 19.7. The van der Waals surface area contributed by atoms with Gasteiger partial charge in [-0.15, -0.1) is 23.7 Å². The van der Waals surface area contributed by atoms with Crippen LogP contribution in [0.5, 0.6) is 0 Å². The molecular weight excluding hydrogens is 234 g/mol. The van der Waals surface area contributed by atoms with Crippen molar-refractivity contribution in [3.05, 3.63) is 11.1 Å². The third-order valence-electron chi connectivity index (χ3n) is 2.23. The number of rotatable bonds is 2. The number of anilines is 1. The van der Waals surface area contributed by atoms with E-state index >= 15 is 0 Å². The number of thiazole rings is 1. The number of halogens is 1. The van der Waals surface area contributed by atoms with Crippen LogP contribution in [0.1, 0.15) is 18.5 Å². The summed E-state index contributed by atoms with van der Waals surface area (Å²) in [6, 6.07) is -0.0285. The van der Waals surface area contributed by atoms with Crippen molar-refractivity contribution in [1.82, 2.24) is 10.3 Å². The first kappa shape index (κ1) is 12.4. The van der Waals surface area contributed by atoms with Gasteiger partial charge in [-0.05, 0) is 26.3 Å². The third kappa shape index (κ3) is 3.15. The summed E-state index contributed by atoms with van der Waals surface area (Å²) in [4.78, 5) is 15.8. The molecule has 0 bridgehead atoms. The Balaban J connectivity index is 0.00000112. The van der Waals surface area contributed by atoms with E-state index in [2.05, 4.69) is 15.6 Å². The van der Waals surface area contributed by atoms with E-state index in [4.69, 9.17) is 0 Å². The summed E-state index contributed by atoms with van der Waals surface area (Å²) >= 11 is 1.47. The fourth-order valence-electron chi connectivity index (χ4n) is 1.51. The molecule has 0 spiro atoms. The van der Waals surface area contributed by atoms with E-state index in [-0.39, 0.29) is 24.4 Å². The first-order valence-corrected chi connectivity index (χ1v) is 5.60. The molecule has 2 N–H and O–H groups in total. The van der Waals surface area contributed by atoms with E-state index in [0.717, 1.165) is 25.1 Å². The number of amides is 1. The summed E-state index contributed by atoms with van der Waals surface area (Å²) in [5.74, 6) is 0.0388. The van der Waals surface area contributed by atoms with Crippen molar-refractivity contribution in [2.45, 2.75) is 25.8 Å². The maximum Gasteiger partial charge on any atom is 0.243 e. The highest BCUT2D eigenvalue weighted by atomic mass is 35.5. The predicted molar refractivity (Wildman–Crippen MR) is 63.8 cm³/mol. The quantitative estimate of drug-likeness (QED) is 0.834. The molecule has 0 aromatic carbocycles. The Kier molecular flexibility index (Phi) is 4.50. The summed E-state index contributed by atoms with van der Waals surface area (Å²) in [6.45, 7) is 2.86. The van der Waals surface area contributed by atoms with Crippen LogP contribution in [0.4, 0.5) is 5.13 Å². The van der Waals surface area contributed by atoms with Gasteiger partial charge in [0.25, 0.3) is 0 Å². The third-order valence-corrected chi connectivity index (χ3v) is 3.10. The van der Waals surface area contributed by atoms with Gasteiger partial charge in [-0.25, -0.2) is 4.98 Å². The van der Waals surface area contributed by atoms with E-state index in [0.29, 0.717) is 5.13 Å². The molecule has 1 aliphatic rings. The van der Waals surface area contributed by atoms with Crippen molar-refractivity contribution in [3.8, 4) is 0 Å². The maximum atomic E-state index is 11.6. The lowest BCUT2D eigenvalue weighted by Gasteiger charge is -2.08. The summed E-state index contributed by atoms with van der Waals surface area (Å²) in [5, 5.41) is 8.58. The van der Waals surface area contributed by atoms with Gasteiger partial charge in [-0.3, -0.25) is 4.79 Å². The number of hydrogen-bond donors (Lipinski definition) is 2. The molecular formula is C9H14ClN3OS. The smallest absolute Gasteiger partial charge is 0.243 e. The van der Waals surface area contributed by atoms with Crippen LogP contribution in [0.15, 0.2) is 5.38 Å². The van der Waals surface area contributed by atoms with Gasteiger partial charge >= 0.3 is 0 Å².